The van der Waals surface area contributed by atoms with Gasteiger partial charge in [0.25, 0.3) is 0 Å². The van der Waals surface area contributed by atoms with Crippen molar-refractivity contribution >= 4 is 171 Å². The van der Waals surface area contributed by atoms with Gasteiger partial charge in [0.15, 0.2) is 16.1 Å². The van der Waals surface area contributed by atoms with Crippen LogP contribution in [0, 0.1) is 3.57 Å². The van der Waals surface area contributed by atoms with E-state index in [1.165, 1.54) is 76.1 Å². The van der Waals surface area contributed by atoms with Crippen LogP contribution >= 0.6 is 22.6 Å². The topological polar surface area (TPSA) is 91.7 Å². The number of hydrogen-bond acceptors (Lipinski definition) is 8. The molecule has 16 aromatic carbocycles. The third-order valence-corrected chi connectivity index (χ3v) is 34.4. The van der Waals surface area contributed by atoms with Crippen LogP contribution in [-0.4, -0.2) is 33.3 Å². The second-order valence-electron chi connectivity index (χ2n) is 30.8. The van der Waals surface area contributed by atoms with Gasteiger partial charge < -0.3 is 38.2 Å². The molecule has 0 unspecified atom stereocenters. The maximum Gasteiger partial charge on any atom is 0.492 e. The largest absolute Gasteiger partial charge is 0.492 e. The molecule has 4 aliphatic heterocycles. The van der Waals surface area contributed by atoms with E-state index in [4.69, 9.17) is 18.3 Å². The summed E-state index contributed by atoms with van der Waals surface area (Å²) in [5.74, 6) is 3.12. The SMILES string of the molecule is CC1(C)c2ccccc2N(c2cc(-c3cccc4c3Oc3ccccc3[Si]4(c3ccccc3)c3ccccc3)c3oc4ccccc4c3c2)c2ccccc21.CC1(C)c2ccccc2N(c2cc(I)c3oc4ccccc4c3c2)c2ccccc21.OB(O)c1cccc2c1Oc1ccccc1[Si]2(c1ccccc1)c1ccccc1. The molecule has 0 saturated carbocycles. The summed E-state index contributed by atoms with van der Waals surface area (Å²) in [6.45, 7) is 9.31. The third kappa shape index (κ3) is 11.0. The quantitative estimate of drug-likeness (QED) is 0.115. The molecule has 0 fully saturated rings. The van der Waals surface area contributed by atoms with Gasteiger partial charge in [-0.05, 0) is 159 Å². The molecule has 0 atom stereocenters. The molecule has 0 radical (unpaired) electrons. The van der Waals surface area contributed by atoms with Crippen molar-refractivity contribution in [2.24, 2.45) is 0 Å². The molecule has 6 heterocycles. The highest BCUT2D eigenvalue weighted by Crippen LogP contribution is 2.56. The molecule has 0 aliphatic carbocycles. The van der Waals surface area contributed by atoms with Gasteiger partial charge in [0.1, 0.15) is 45.3 Å². The molecule has 0 amide bonds. The van der Waals surface area contributed by atoms with Crippen LogP contribution in [0.5, 0.6) is 23.0 Å². The summed E-state index contributed by atoms with van der Waals surface area (Å²) in [5, 5.41) is 34.3. The number of rotatable bonds is 8. The number of benzene rings is 16. The third-order valence-electron chi connectivity index (χ3n) is 23.9. The van der Waals surface area contributed by atoms with Crippen molar-refractivity contribution < 1.29 is 28.4 Å². The summed E-state index contributed by atoms with van der Waals surface area (Å²) < 4.78 is 27.6. The van der Waals surface area contributed by atoms with Gasteiger partial charge in [-0.1, -0.05) is 331 Å². The molecule has 2 aromatic heterocycles. The van der Waals surface area contributed by atoms with Gasteiger partial charge in [-0.3, -0.25) is 0 Å². The first-order chi connectivity index (χ1) is 55.8. The smallest absolute Gasteiger partial charge is 0.458 e. The number of fused-ring (bicyclic) bond motifs is 14. The molecule has 114 heavy (non-hydrogen) atoms. The Hall–Kier alpha value is -12.5. The van der Waals surface area contributed by atoms with Gasteiger partial charge >= 0.3 is 7.12 Å². The minimum Gasteiger partial charge on any atom is -0.458 e. The zero-order valence-electron chi connectivity index (χ0n) is 63.2. The second kappa shape index (κ2) is 28.0. The predicted molar refractivity (Wildman–Crippen MR) is 483 cm³/mol. The zero-order chi connectivity index (χ0) is 77.0. The van der Waals surface area contributed by atoms with E-state index in [1.807, 2.05) is 48.5 Å². The van der Waals surface area contributed by atoms with Crippen molar-refractivity contribution in [3.05, 3.63) is 402 Å². The predicted octanol–water partition coefficient (Wildman–Crippen LogP) is 20.0. The Morgan fingerprint density at radius 1 is 0.307 bits per heavy atom. The average molecular weight is 1620 g/mol. The first kappa shape index (κ1) is 70.6. The van der Waals surface area contributed by atoms with Crippen molar-refractivity contribution in [3.8, 4) is 34.1 Å². The van der Waals surface area contributed by atoms with Gasteiger partial charge in [-0.2, -0.15) is 0 Å². The van der Waals surface area contributed by atoms with Gasteiger partial charge in [0.05, 0.1) is 26.3 Å². The van der Waals surface area contributed by atoms with Crippen LogP contribution in [0.2, 0.25) is 0 Å². The van der Waals surface area contributed by atoms with E-state index in [9.17, 15) is 10.0 Å². The van der Waals surface area contributed by atoms with Crippen molar-refractivity contribution in [1.82, 2.24) is 0 Å². The standard InChI is InChI=1S/C51H37NO2Si.C27H20INO.C24H19BO3Si/c1-51(2)41-24-10-12-26-43(41)52(44-27-13-11-25-42(44)51)34-32-39-37-22-9-14-28-45(37)53-49(39)40(33-34)38-23-17-31-48-50(38)54-46-29-15-16-30-47(46)55(48,35-18-5-3-6-19-35)36-20-7-4-8-21-36;1-27(2)20-10-4-6-12-23(20)29(24-13-7-5-11-21(24)27)17-15-19-18-9-3-8-14-25(18)30-26(19)22(28)16-17;26-25(27)20-14-9-17-23-24(20)28-21-15-7-8-16-22(21)29(23,18-10-3-1-4-11-18)19-12-5-2-6-13-19/h3-33H,1-2H3;3-16H,1-2H3;1-17,26-27H. The summed E-state index contributed by atoms with van der Waals surface area (Å²) >= 11 is 2.40. The summed E-state index contributed by atoms with van der Waals surface area (Å²) in [4.78, 5) is 4.85. The molecule has 4 aliphatic rings. The Kier molecular flexibility index (Phi) is 17.3. The molecule has 22 rings (SSSR count). The fourth-order valence-corrected chi connectivity index (χ4v) is 29.5. The molecular formula is C102H76BIN2O6Si2. The van der Waals surface area contributed by atoms with Crippen molar-refractivity contribution in [2.45, 2.75) is 38.5 Å². The average Bonchev–Trinajstić information content (AvgIpc) is 0.762. The van der Waals surface area contributed by atoms with Crippen LogP contribution in [-0.2, 0) is 10.8 Å². The Bertz CT molecular complexity index is 6610. The Labute approximate surface area is 678 Å². The molecular weight excluding hydrogens is 1540 g/mol. The number of hydrogen-bond donors (Lipinski definition) is 2. The second-order valence-corrected chi connectivity index (χ2v) is 39.4. The van der Waals surface area contributed by atoms with Crippen LogP contribution in [0.3, 0.4) is 0 Å². The summed E-state index contributed by atoms with van der Waals surface area (Å²) in [6, 6.07) is 133. The van der Waals surface area contributed by atoms with Crippen molar-refractivity contribution in [3.63, 3.8) is 0 Å². The fourth-order valence-electron chi connectivity index (χ4n) is 18.8. The maximum atomic E-state index is 10.0. The molecule has 0 spiro atoms. The Balaban J connectivity index is 0.000000121. The lowest BCUT2D eigenvalue weighted by atomic mass is 9.73. The normalized spacial score (nSPS) is 14.5. The number of para-hydroxylation sites is 10. The molecule has 12 heteroatoms. The first-order valence-electron chi connectivity index (χ1n) is 38.8. The Morgan fingerprint density at radius 3 is 1.10 bits per heavy atom. The summed E-state index contributed by atoms with van der Waals surface area (Å²) in [6.07, 6.45) is 0. The highest BCUT2D eigenvalue weighted by Gasteiger charge is 2.51. The molecule has 18 aromatic rings. The Morgan fingerprint density at radius 2 is 0.649 bits per heavy atom. The zero-order valence-corrected chi connectivity index (χ0v) is 67.3. The fraction of sp³-hybridized carbons (Fsp3) is 0.0588. The lowest BCUT2D eigenvalue weighted by Crippen LogP contribution is -2.76. The van der Waals surface area contributed by atoms with E-state index in [2.05, 4.69) is 382 Å². The highest BCUT2D eigenvalue weighted by molar-refractivity contribution is 14.1. The lowest BCUT2D eigenvalue weighted by Gasteiger charge is -2.42. The number of nitrogens with zero attached hydrogens (tertiary/aromatic N) is 2. The molecule has 548 valence electrons. The van der Waals surface area contributed by atoms with E-state index >= 15 is 0 Å². The number of anilines is 6. The maximum absolute atomic E-state index is 10.0. The minimum absolute atomic E-state index is 0.0523. The molecule has 2 N–H and O–H groups in total. The van der Waals surface area contributed by atoms with Crippen LogP contribution in [0.4, 0.5) is 34.1 Å². The summed E-state index contributed by atoms with van der Waals surface area (Å²) in [5.41, 5.74) is 18.2. The lowest BCUT2D eigenvalue weighted by molar-refractivity contribution is 0.421. The number of halogens is 1. The molecule has 8 nitrogen and oxygen atoms in total. The van der Waals surface area contributed by atoms with Crippen LogP contribution in [0.1, 0.15) is 49.9 Å². The monoisotopic (exact) mass is 1620 g/mol. The van der Waals surface area contributed by atoms with Gasteiger partial charge in [0, 0.05) is 60.3 Å². The van der Waals surface area contributed by atoms with Crippen LogP contribution < -0.4 is 66.2 Å². The van der Waals surface area contributed by atoms with Gasteiger partial charge in [-0.25, -0.2) is 0 Å². The van der Waals surface area contributed by atoms with Gasteiger partial charge in [0.2, 0.25) is 0 Å². The highest BCUT2D eigenvalue weighted by atomic mass is 127. The van der Waals surface area contributed by atoms with Crippen LogP contribution in [0.15, 0.2) is 385 Å². The van der Waals surface area contributed by atoms with E-state index in [0.717, 1.165) is 97.6 Å². The van der Waals surface area contributed by atoms with E-state index in [1.54, 1.807) is 6.07 Å². The summed E-state index contributed by atoms with van der Waals surface area (Å²) in [7, 11) is -7.17. The molecule has 0 saturated heterocycles. The minimum atomic E-state index is -2.86. The first-order valence-corrected chi connectivity index (χ1v) is 43.9. The van der Waals surface area contributed by atoms with E-state index in [0.29, 0.717) is 11.2 Å². The van der Waals surface area contributed by atoms with E-state index < -0.39 is 23.3 Å². The molecule has 0 bridgehead atoms. The van der Waals surface area contributed by atoms with Crippen LogP contribution in [0.25, 0.3) is 55.0 Å². The van der Waals surface area contributed by atoms with Crippen molar-refractivity contribution in [1.29, 1.82) is 0 Å². The number of furan rings is 2. The van der Waals surface area contributed by atoms with Gasteiger partial charge in [-0.15, -0.1) is 0 Å². The van der Waals surface area contributed by atoms with Crippen molar-refractivity contribution in [2.75, 3.05) is 9.80 Å². The number of ether oxygens (including phenoxy) is 2. The van der Waals surface area contributed by atoms with E-state index in [-0.39, 0.29) is 10.8 Å².